The molecule has 28 heavy (non-hydrogen) atoms. The molecular weight excluding hydrogens is 420 g/mol. The van der Waals surface area contributed by atoms with Gasteiger partial charge in [-0.2, -0.15) is 0 Å². The van der Waals surface area contributed by atoms with Crippen molar-refractivity contribution in [2.75, 3.05) is 5.32 Å². The second kappa shape index (κ2) is 8.06. The van der Waals surface area contributed by atoms with Gasteiger partial charge in [0.05, 0.1) is 0 Å². The van der Waals surface area contributed by atoms with E-state index in [1.165, 1.54) is 0 Å². The molecular formula is C21H15BrN4O2. The summed E-state index contributed by atoms with van der Waals surface area (Å²) in [5.74, 6) is 1.53. The molecule has 0 atom stereocenters. The molecule has 2 aromatic carbocycles. The lowest BCUT2D eigenvalue weighted by Gasteiger charge is -2.08. The van der Waals surface area contributed by atoms with Crippen LogP contribution in [0.5, 0.6) is 11.6 Å². The van der Waals surface area contributed by atoms with Gasteiger partial charge in [0, 0.05) is 34.2 Å². The summed E-state index contributed by atoms with van der Waals surface area (Å²) in [5, 5.41) is 11.1. The molecule has 6 nitrogen and oxygen atoms in total. The van der Waals surface area contributed by atoms with Gasteiger partial charge < -0.3 is 14.6 Å². The minimum Gasteiger partial charge on any atom is -0.438 e. The van der Waals surface area contributed by atoms with Crippen LogP contribution in [0, 0.1) is 0 Å². The zero-order valence-corrected chi connectivity index (χ0v) is 16.2. The topological polar surface area (TPSA) is 69.0 Å². The predicted molar refractivity (Wildman–Crippen MR) is 110 cm³/mol. The monoisotopic (exact) mass is 434 g/mol. The number of amides is 1. The molecule has 0 unspecified atom stereocenters. The highest BCUT2D eigenvalue weighted by atomic mass is 79.9. The predicted octanol–water partition coefficient (Wildman–Crippen LogP) is 5.07. The summed E-state index contributed by atoms with van der Waals surface area (Å²) in [6.45, 7) is 0. The van der Waals surface area contributed by atoms with Gasteiger partial charge in [0.2, 0.25) is 5.88 Å². The summed E-state index contributed by atoms with van der Waals surface area (Å²) in [4.78, 5) is 12.3. The Labute approximate surface area is 169 Å². The Bertz CT molecular complexity index is 1060. The first-order valence-electron chi connectivity index (χ1n) is 8.49. The number of halogens is 1. The number of nitrogens with zero attached hydrogens (tertiary/aromatic N) is 3. The van der Waals surface area contributed by atoms with Crippen molar-refractivity contribution < 1.29 is 9.53 Å². The molecule has 0 spiro atoms. The van der Waals surface area contributed by atoms with Crippen LogP contribution in [0.1, 0.15) is 10.4 Å². The van der Waals surface area contributed by atoms with E-state index >= 15 is 0 Å². The van der Waals surface area contributed by atoms with Crippen molar-refractivity contribution in [2.45, 2.75) is 0 Å². The SMILES string of the molecule is O=C(Nc1ccc(Oc2ccc(-n3cccc3)nn2)cc1)c1ccc(Br)cc1. The summed E-state index contributed by atoms with van der Waals surface area (Å²) in [5.41, 5.74) is 1.26. The molecule has 1 amide bonds. The highest BCUT2D eigenvalue weighted by Crippen LogP contribution is 2.22. The first-order valence-corrected chi connectivity index (χ1v) is 9.28. The van der Waals surface area contributed by atoms with Crippen LogP contribution in [0.3, 0.4) is 0 Å². The molecule has 0 radical (unpaired) electrons. The molecule has 2 aromatic heterocycles. The Hall–Kier alpha value is -3.45. The Morgan fingerprint density at radius 1 is 0.893 bits per heavy atom. The van der Waals surface area contributed by atoms with E-state index < -0.39 is 0 Å². The van der Waals surface area contributed by atoms with E-state index in [0.29, 0.717) is 28.7 Å². The van der Waals surface area contributed by atoms with Crippen molar-refractivity contribution in [1.29, 1.82) is 0 Å². The Morgan fingerprint density at radius 3 is 2.25 bits per heavy atom. The maximum atomic E-state index is 12.3. The molecule has 4 aromatic rings. The van der Waals surface area contributed by atoms with Gasteiger partial charge in [0.1, 0.15) is 5.75 Å². The zero-order valence-electron chi connectivity index (χ0n) is 14.6. The molecule has 1 N–H and O–H groups in total. The van der Waals surface area contributed by atoms with Crippen molar-refractivity contribution in [3.63, 3.8) is 0 Å². The Kier molecular flexibility index (Phi) is 5.16. The molecule has 0 aliphatic rings. The van der Waals surface area contributed by atoms with Gasteiger partial charge in [-0.05, 0) is 66.7 Å². The number of aromatic nitrogens is 3. The van der Waals surface area contributed by atoms with Crippen molar-refractivity contribution in [2.24, 2.45) is 0 Å². The summed E-state index contributed by atoms with van der Waals surface area (Å²) < 4.78 is 8.49. The molecule has 0 bridgehead atoms. The summed E-state index contributed by atoms with van der Waals surface area (Å²) in [6, 6.07) is 21.7. The molecule has 4 rings (SSSR count). The first kappa shape index (κ1) is 17.9. The van der Waals surface area contributed by atoms with E-state index in [0.717, 1.165) is 4.47 Å². The third-order valence-corrected chi connectivity index (χ3v) is 4.46. The molecule has 0 aliphatic carbocycles. The number of nitrogens with one attached hydrogen (secondary N) is 1. The van der Waals surface area contributed by atoms with Gasteiger partial charge in [-0.15, -0.1) is 10.2 Å². The summed E-state index contributed by atoms with van der Waals surface area (Å²) in [6.07, 6.45) is 3.79. The quantitative estimate of drug-likeness (QED) is 0.475. The van der Waals surface area contributed by atoms with Crippen molar-refractivity contribution in [3.05, 3.63) is 95.2 Å². The smallest absolute Gasteiger partial charge is 0.255 e. The second-order valence-corrected chi connectivity index (χ2v) is 6.82. The van der Waals surface area contributed by atoms with E-state index in [-0.39, 0.29) is 5.91 Å². The van der Waals surface area contributed by atoms with Crippen LogP contribution >= 0.6 is 15.9 Å². The van der Waals surface area contributed by atoms with Gasteiger partial charge in [-0.1, -0.05) is 15.9 Å². The van der Waals surface area contributed by atoms with Gasteiger partial charge in [0.15, 0.2) is 5.82 Å². The highest BCUT2D eigenvalue weighted by Gasteiger charge is 2.07. The largest absolute Gasteiger partial charge is 0.438 e. The average molecular weight is 435 g/mol. The fourth-order valence-corrected chi connectivity index (χ4v) is 2.79. The minimum absolute atomic E-state index is 0.173. The van der Waals surface area contributed by atoms with Crippen molar-refractivity contribution in [3.8, 4) is 17.4 Å². The number of benzene rings is 2. The maximum absolute atomic E-state index is 12.3. The maximum Gasteiger partial charge on any atom is 0.255 e. The summed E-state index contributed by atoms with van der Waals surface area (Å²) in [7, 11) is 0. The number of anilines is 1. The van der Waals surface area contributed by atoms with E-state index in [9.17, 15) is 4.79 Å². The summed E-state index contributed by atoms with van der Waals surface area (Å²) >= 11 is 3.35. The Balaban J connectivity index is 1.39. The molecule has 0 saturated heterocycles. The van der Waals surface area contributed by atoms with E-state index in [1.54, 1.807) is 42.5 Å². The number of rotatable bonds is 5. The normalized spacial score (nSPS) is 10.5. The lowest BCUT2D eigenvalue weighted by Crippen LogP contribution is -2.11. The molecule has 138 valence electrons. The van der Waals surface area contributed by atoms with E-state index in [4.69, 9.17) is 4.74 Å². The minimum atomic E-state index is -0.173. The van der Waals surface area contributed by atoms with Crippen LogP contribution in [0.15, 0.2) is 89.7 Å². The average Bonchev–Trinajstić information content (AvgIpc) is 3.25. The molecule has 0 fully saturated rings. The van der Waals surface area contributed by atoms with E-state index in [2.05, 4.69) is 31.4 Å². The Morgan fingerprint density at radius 2 is 1.61 bits per heavy atom. The highest BCUT2D eigenvalue weighted by molar-refractivity contribution is 9.10. The van der Waals surface area contributed by atoms with Gasteiger partial charge >= 0.3 is 0 Å². The lowest BCUT2D eigenvalue weighted by molar-refractivity contribution is 0.102. The molecule has 2 heterocycles. The van der Waals surface area contributed by atoms with Crippen LogP contribution in [-0.4, -0.2) is 20.7 Å². The molecule has 7 heteroatoms. The van der Waals surface area contributed by atoms with E-state index in [1.807, 2.05) is 47.3 Å². The lowest BCUT2D eigenvalue weighted by atomic mass is 10.2. The van der Waals surface area contributed by atoms with Gasteiger partial charge in [0.25, 0.3) is 5.91 Å². The van der Waals surface area contributed by atoms with Gasteiger partial charge in [-0.3, -0.25) is 4.79 Å². The first-order chi connectivity index (χ1) is 13.7. The van der Waals surface area contributed by atoms with Crippen LogP contribution in [-0.2, 0) is 0 Å². The second-order valence-electron chi connectivity index (χ2n) is 5.91. The number of hydrogen-bond donors (Lipinski definition) is 1. The molecule has 0 saturated carbocycles. The van der Waals surface area contributed by atoms with Gasteiger partial charge in [-0.25, -0.2) is 0 Å². The third kappa shape index (κ3) is 4.27. The van der Waals surface area contributed by atoms with Crippen molar-refractivity contribution in [1.82, 2.24) is 14.8 Å². The fraction of sp³-hybridized carbons (Fsp3) is 0. The number of carbonyl (C=O) groups is 1. The fourth-order valence-electron chi connectivity index (χ4n) is 2.52. The van der Waals surface area contributed by atoms with Crippen molar-refractivity contribution >= 4 is 27.5 Å². The van der Waals surface area contributed by atoms with Crippen LogP contribution in [0.4, 0.5) is 5.69 Å². The number of carbonyl (C=O) groups excluding carboxylic acids is 1. The number of hydrogen-bond acceptors (Lipinski definition) is 4. The van der Waals surface area contributed by atoms with Crippen LogP contribution in [0.25, 0.3) is 5.82 Å². The van der Waals surface area contributed by atoms with Crippen LogP contribution < -0.4 is 10.1 Å². The molecule has 0 aliphatic heterocycles. The standard InChI is InChI=1S/C21H15BrN4O2/c22-16-5-3-15(4-6-16)21(27)23-17-7-9-18(10-8-17)28-20-12-11-19(24-25-20)26-13-1-2-14-26/h1-14H,(H,23,27). The third-order valence-electron chi connectivity index (χ3n) is 3.94. The zero-order chi connectivity index (χ0) is 19.3. The number of ether oxygens (including phenoxy) is 1. The van der Waals surface area contributed by atoms with Crippen LogP contribution in [0.2, 0.25) is 0 Å².